The van der Waals surface area contributed by atoms with Crippen molar-refractivity contribution in [2.24, 2.45) is 5.73 Å². The molecule has 0 aliphatic heterocycles. The minimum absolute atomic E-state index is 0.127. The van der Waals surface area contributed by atoms with Gasteiger partial charge in [-0.2, -0.15) is 4.98 Å². The number of amides is 2. The summed E-state index contributed by atoms with van der Waals surface area (Å²) in [5.74, 6) is 0.127. The minimum Gasteiger partial charge on any atom is -0.431 e. The van der Waals surface area contributed by atoms with Gasteiger partial charge in [0.1, 0.15) is 12.0 Å². The van der Waals surface area contributed by atoms with E-state index in [1.54, 1.807) is 20.4 Å². The molecule has 5 rings (SSSR count). The Kier molecular flexibility index (Phi) is 10.0. The summed E-state index contributed by atoms with van der Waals surface area (Å²) in [6, 6.07) is 28.4. The van der Waals surface area contributed by atoms with Crippen LogP contribution in [0.1, 0.15) is 10.4 Å². The smallest absolute Gasteiger partial charge is 0.314 e. The molecular formula is C30H31BrN4O3. The molecule has 0 saturated carbocycles. The number of halogens is 1. The Bertz CT molecular complexity index is 1520. The number of urea groups is 1. The number of nitrogens with two attached hydrogens (primary N) is 1. The number of hydrogen-bond acceptors (Lipinski definition) is 5. The van der Waals surface area contributed by atoms with Gasteiger partial charge >= 0.3 is 6.03 Å². The van der Waals surface area contributed by atoms with E-state index in [2.05, 4.69) is 45.2 Å². The molecule has 0 bridgehead atoms. The summed E-state index contributed by atoms with van der Waals surface area (Å²) in [6.45, 7) is 0. The van der Waals surface area contributed by atoms with Crippen LogP contribution in [0.5, 0.6) is 0 Å². The maximum atomic E-state index is 11.6. The molecular weight excluding hydrogens is 544 g/mol. The Morgan fingerprint density at radius 2 is 1.34 bits per heavy atom. The third-order valence-electron chi connectivity index (χ3n) is 5.59. The number of fused-ring (bicyclic) bond motifs is 2. The van der Waals surface area contributed by atoms with E-state index in [1.165, 1.54) is 15.7 Å². The van der Waals surface area contributed by atoms with Crippen LogP contribution in [0.2, 0.25) is 0 Å². The summed E-state index contributed by atoms with van der Waals surface area (Å²) in [7, 11) is 7.03. The summed E-state index contributed by atoms with van der Waals surface area (Å²) in [6.07, 6.45) is 1.71. The maximum Gasteiger partial charge on any atom is 0.314 e. The highest BCUT2D eigenvalue weighted by atomic mass is 79.9. The fourth-order valence-corrected chi connectivity index (χ4v) is 3.88. The van der Waals surface area contributed by atoms with Gasteiger partial charge in [0.15, 0.2) is 5.78 Å². The van der Waals surface area contributed by atoms with Crippen LogP contribution in [0.25, 0.3) is 32.8 Å². The van der Waals surface area contributed by atoms with E-state index in [4.69, 9.17) is 10.2 Å². The highest BCUT2D eigenvalue weighted by Crippen LogP contribution is 2.29. The molecule has 8 heteroatoms. The first-order chi connectivity index (χ1) is 18.2. The van der Waals surface area contributed by atoms with Crippen molar-refractivity contribution >= 4 is 55.3 Å². The van der Waals surface area contributed by atoms with Gasteiger partial charge in [-0.1, -0.05) is 101 Å². The summed E-state index contributed by atoms with van der Waals surface area (Å²) in [5.41, 5.74) is 7.49. The molecule has 0 spiro atoms. The van der Waals surface area contributed by atoms with Crippen molar-refractivity contribution in [3.8, 4) is 11.3 Å². The van der Waals surface area contributed by atoms with E-state index in [9.17, 15) is 9.59 Å². The molecule has 38 heavy (non-hydrogen) atoms. The normalized spacial score (nSPS) is 10.1. The Hall–Kier alpha value is -4.17. The van der Waals surface area contributed by atoms with Crippen molar-refractivity contribution in [1.29, 1.82) is 0 Å². The quantitative estimate of drug-likeness (QED) is 0.193. The first-order valence-electron chi connectivity index (χ1n) is 11.9. The zero-order valence-corrected chi connectivity index (χ0v) is 23.5. The number of benzene rings is 4. The van der Waals surface area contributed by atoms with E-state index < -0.39 is 6.03 Å². The highest BCUT2D eigenvalue weighted by Gasteiger charge is 2.10. The van der Waals surface area contributed by atoms with E-state index in [1.807, 2.05) is 79.7 Å². The lowest BCUT2D eigenvalue weighted by atomic mass is 10.0. The number of aromatic nitrogens is 1. The molecule has 0 unspecified atom stereocenters. The Morgan fingerprint density at radius 1 is 0.816 bits per heavy atom. The number of anilines is 1. The fourth-order valence-electron chi connectivity index (χ4n) is 3.58. The van der Waals surface area contributed by atoms with Crippen LogP contribution in [-0.2, 0) is 0 Å². The summed E-state index contributed by atoms with van der Waals surface area (Å²) >= 11 is 3.19. The van der Waals surface area contributed by atoms with Gasteiger partial charge < -0.3 is 20.0 Å². The Labute approximate surface area is 231 Å². The van der Waals surface area contributed by atoms with Gasteiger partial charge in [0, 0.05) is 39.3 Å². The van der Waals surface area contributed by atoms with Gasteiger partial charge in [0.2, 0.25) is 0 Å². The third kappa shape index (κ3) is 7.20. The predicted molar refractivity (Wildman–Crippen MR) is 159 cm³/mol. The fraction of sp³-hybridized carbons (Fsp3) is 0.167. The van der Waals surface area contributed by atoms with Crippen molar-refractivity contribution in [2.45, 2.75) is 0 Å². The number of ketones is 1. The molecule has 0 fully saturated rings. The molecule has 1 heterocycles. The lowest BCUT2D eigenvalue weighted by Crippen LogP contribution is -2.27. The molecule has 0 radical (unpaired) electrons. The number of carbonyl (C=O) groups excluding carboxylic acids is 2. The van der Waals surface area contributed by atoms with Crippen LogP contribution < -0.4 is 10.6 Å². The van der Waals surface area contributed by atoms with Gasteiger partial charge in [-0.05, 0) is 21.5 Å². The van der Waals surface area contributed by atoms with E-state index in [0.29, 0.717) is 11.3 Å². The first kappa shape index (κ1) is 28.4. The molecule has 5 aromatic rings. The predicted octanol–water partition coefficient (Wildman–Crippen LogP) is 6.60. The number of rotatable bonds is 4. The monoisotopic (exact) mass is 574 g/mol. The van der Waals surface area contributed by atoms with E-state index in [0.717, 1.165) is 27.6 Å². The average molecular weight is 576 g/mol. The maximum absolute atomic E-state index is 11.6. The number of nitrogens with zero attached hydrogens (tertiary/aromatic N) is 3. The molecule has 2 amide bonds. The number of alkyl halides is 1. The van der Waals surface area contributed by atoms with E-state index >= 15 is 0 Å². The third-order valence-corrected chi connectivity index (χ3v) is 6.10. The molecule has 0 saturated heterocycles. The van der Waals surface area contributed by atoms with Gasteiger partial charge in [0.25, 0.3) is 6.01 Å². The number of oxazole rings is 1. The number of carbonyl (C=O) groups is 2. The van der Waals surface area contributed by atoms with Crippen LogP contribution in [0.3, 0.4) is 0 Å². The standard InChI is InChI=1S/C15H14N2O.C12H9BrO.C3H8N2O/c1-17(2)15-16-14(10-18-15)13-9-5-7-11-6-3-4-8-12(11)13;13-8-12(14)11-7-3-5-9-4-1-2-6-10(9)11;1-5(2)3(4)6/h3-10H,1-2H3;1-7H,8H2;1-2H3,(H2,4,6). The molecule has 7 nitrogen and oxygen atoms in total. The van der Waals surface area contributed by atoms with Crippen molar-refractivity contribution in [3.05, 3.63) is 96.8 Å². The summed E-state index contributed by atoms with van der Waals surface area (Å²) in [4.78, 5) is 29.1. The second-order valence-electron chi connectivity index (χ2n) is 8.75. The van der Waals surface area contributed by atoms with Gasteiger partial charge in [-0.3, -0.25) is 4.79 Å². The molecule has 4 aromatic carbocycles. The summed E-state index contributed by atoms with van der Waals surface area (Å²) < 4.78 is 5.44. The van der Waals surface area contributed by atoms with Crippen molar-refractivity contribution in [2.75, 3.05) is 38.4 Å². The molecule has 2 N–H and O–H groups in total. The lowest BCUT2D eigenvalue weighted by Gasteiger charge is -2.04. The number of primary amides is 1. The number of hydrogen-bond donors (Lipinski definition) is 1. The van der Waals surface area contributed by atoms with Crippen LogP contribution in [0, 0.1) is 0 Å². The minimum atomic E-state index is -0.407. The molecule has 0 aliphatic rings. The van der Waals surface area contributed by atoms with Gasteiger partial charge in [-0.15, -0.1) is 0 Å². The van der Waals surface area contributed by atoms with Gasteiger partial charge in [-0.25, -0.2) is 4.79 Å². The zero-order valence-electron chi connectivity index (χ0n) is 21.9. The molecule has 196 valence electrons. The zero-order chi connectivity index (χ0) is 27.7. The van der Waals surface area contributed by atoms with Gasteiger partial charge in [0.05, 0.1) is 5.33 Å². The van der Waals surface area contributed by atoms with Crippen molar-refractivity contribution in [3.63, 3.8) is 0 Å². The Balaban J connectivity index is 0.000000178. The second-order valence-corrected chi connectivity index (χ2v) is 9.31. The Morgan fingerprint density at radius 3 is 1.89 bits per heavy atom. The highest BCUT2D eigenvalue weighted by molar-refractivity contribution is 9.09. The van der Waals surface area contributed by atoms with Crippen LogP contribution in [0.15, 0.2) is 95.6 Å². The van der Waals surface area contributed by atoms with Crippen molar-refractivity contribution < 1.29 is 14.0 Å². The summed E-state index contributed by atoms with van der Waals surface area (Å²) in [5, 5.41) is 4.92. The first-order valence-corrected chi connectivity index (χ1v) is 13.0. The molecule has 0 aliphatic carbocycles. The second kappa shape index (κ2) is 13.4. The average Bonchev–Trinajstić information content (AvgIpc) is 3.43. The molecule has 1 aromatic heterocycles. The number of Topliss-reactive ketones (excluding diaryl/α,β-unsaturated/α-hetero) is 1. The van der Waals surface area contributed by atoms with E-state index in [-0.39, 0.29) is 5.78 Å². The largest absolute Gasteiger partial charge is 0.431 e. The SMILES string of the molecule is CN(C)C(N)=O.CN(C)c1nc(-c2cccc3ccccc23)co1.O=C(CBr)c1cccc2ccccc12. The molecule has 0 atom stereocenters. The van der Waals surface area contributed by atoms with Crippen LogP contribution in [0.4, 0.5) is 10.8 Å². The van der Waals surface area contributed by atoms with Crippen LogP contribution >= 0.6 is 15.9 Å². The topological polar surface area (TPSA) is 92.7 Å². The lowest BCUT2D eigenvalue weighted by molar-refractivity contribution is 0.102. The van der Waals surface area contributed by atoms with Crippen LogP contribution in [-0.4, -0.2) is 55.2 Å². The van der Waals surface area contributed by atoms with Crippen molar-refractivity contribution in [1.82, 2.24) is 9.88 Å².